The zero-order chi connectivity index (χ0) is 24.0. The number of aryl methyl sites for hydroxylation is 1. The molecule has 0 aliphatic heterocycles. The predicted octanol–water partition coefficient (Wildman–Crippen LogP) is 4.52. The maximum absolute atomic E-state index is 13.0. The van der Waals surface area contributed by atoms with E-state index in [0.29, 0.717) is 22.4 Å². The van der Waals surface area contributed by atoms with Crippen LogP contribution in [0.4, 0.5) is 11.4 Å². The topological polar surface area (TPSA) is 118 Å². The van der Waals surface area contributed by atoms with Crippen molar-refractivity contribution in [1.82, 2.24) is 5.32 Å². The smallest absolute Gasteiger partial charge is 0.272 e. The van der Waals surface area contributed by atoms with Gasteiger partial charge in [-0.25, -0.2) is 0 Å². The Hall–Kier alpha value is -4.59. The Morgan fingerprint density at radius 3 is 2.15 bits per heavy atom. The number of hydrogen-bond donors (Lipinski definition) is 2. The molecule has 2 amide bonds. The number of hydrogen-bond acceptors (Lipinski definition) is 5. The summed E-state index contributed by atoms with van der Waals surface area (Å²) >= 11 is 0. The van der Waals surface area contributed by atoms with Gasteiger partial charge in [-0.1, -0.05) is 29.8 Å². The first-order valence-corrected chi connectivity index (χ1v) is 9.99. The summed E-state index contributed by atoms with van der Waals surface area (Å²) in [4.78, 5) is 47.7. The molecule has 0 unspecified atom stereocenters. The number of carbonyl (C=O) groups excluding carboxylic acids is 3. The first kappa shape index (κ1) is 23.1. The zero-order valence-corrected chi connectivity index (χ0v) is 18.0. The molecule has 0 aromatic heterocycles. The number of nitro benzene ring substituents is 1. The number of nitro groups is 1. The van der Waals surface area contributed by atoms with Crippen LogP contribution in [-0.2, 0) is 4.79 Å². The molecule has 0 fully saturated rings. The molecule has 0 radical (unpaired) electrons. The van der Waals surface area contributed by atoms with Crippen LogP contribution in [0.1, 0.15) is 38.8 Å². The number of anilines is 1. The predicted molar refractivity (Wildman–Crippen MR) is 125 cm³/mol. The van der Waals surface area contributed by atoms with Crippen molar-refractivity contribution in [3.8, 4) is 0 Å². The van der Waals surface area contributed by atoms with Gasteiger partial charge in [-0.3, -0.25) is 24.5 Å². The van der Waals surface area contributed by atoms with Crippen LogP contribution in [0.2, 0.25) is 0 Å². The van der Waals surface area contributed by atoms with E-state index in [9.17, 15) is 24.5 Å². The number of rotatable bonds is 7. The minimum absolute atomic E-state index is 0.100. The second-order valence-corrected chi connectivity index (χ2v) is 7.32. The Labute approximate surface area is 190 Å². The summed E-state index contributed by atoms with van der Waals surface area (Å²) in [6, 6.07) is 18.8. The van der Waals surface area contributed by atoms with E-state index in [1.54, 1.807) is 54.6 Å². The molecular formula is C25H21N3O5. The SMILES string of the molecule is CC(=O)c1ccc(NC(=O)/C(=C/c2cccc([N+](=O)[O-])c2)NC(=O)c2ccc(C)cc2)cc1. The lowest BCUT2D eigenvalue weighted by molar-refractivity contribution is -0.384. The number of Topliss-reactive ketones (excluding diaryl/α,β-unsaturated/α-hetero) is 1. The van der Waals surface area contributed by atoms with Gasteiger partial charge in [0.15, 0.2) is 5.78 Å². The van der Waals surface area contributed by atoms with E-state index in [1.807, 2.05) is 6.92 Å². The van der Waals surface area contributed by atoms with E-state index in [1.165, 1.54) is 31.2 Å². The van der Waals surface area contributed by atoms with Gasteiger partial charge in [0, 0.05) is 28.9 Å². The molecule has 0 atom stereocenters. The average molecular weight is 443 g/mol. The van der Waals surface area contributed by atoms with Crippen LogP contribution in [0.25, 0.3) is 6.08 Å². The van der Waals surface area contributed by atoms with E-state index < -0.39 is 16.7 Å². The molecule has 2 N–H and O–H groups in total. The van der Waals surface area contributed by atoms with Crippen LogP contribution in [0, 0.1) is 17.0 Å². The third-order valence-corrected chi connectivity index (χ3v) is 4.75. The van der Waals surface area contributed by atoms with Crippen molar-refractivity contribution in [1.29, 1.82) is 0 Å². The Bertz CT molecular complexity index is 1250. The number of ketones is 1. The largest absolute Gasteiger partial charge is 0.321 e. The summed E-state index contributed by atoms with van der Waals surface area (Å²) < 4.78 is 0. The van der Waals surface area contributed by atoms with E-state index in [2.05, 4.69) is 10.6 Å². The molecule has 0 bridgehead atoms. The van der Waals surface area contributed by atoms with Crippen LogP contribution in [0.15, 0.2) is 78.5 Å². The van der Waals surface area contributed by atoms with E-state index in [0.717, 1.165) is 5.56 Å². The Kier molecular flexibility index (Phi) is 7.10. The molecule has 3 rings (SSSR count). The van der Waals surface area contributed by atoms with Crippen LogP contribution in [0.3, 0.4) is 0 Å². The molecule has 8 heteroatoms. The lowest BCUT2D eigenvalue weighted by atomic mass is 10.1. The summed E-state index contributed by atoms with van der Waals surface area (Å²) in [5.74, 6) is -1.24. The van der Waals surface area contributed by atoms with Crippen LogP contribution in [0.5, 0.6) is 0 Å². The first-order chi connectivity index (χ1) is 15.7. The summed E-state index contributed by atoms with van der Waals surface area (Å²) in [7, 11) is 0. The minimum atomic E-state index is -0.627. The van der Waals surface area contributed by atoms with Gasteiger partial charge < -0.3 is 10.6 Å². The Balaban J connectivity index is 1.91. The van der Waals surface area contributed by atoms with Gasteiger partial charge in [0.2, 0.25) is 0 Å². The van der Waals surface area contributed by atoms with Gasteiger partial charge in [-0.2, -0.15) is 0 Å². The Morgan fingerprint density at radius 1 is 0.909 bits per heavy atom. The van der Waals surface area contributed by atoms with Gasteiger partial charge in [-0.15, -0.1) is 0 Å². The van der Waals surface area contributed by atoms with Crippen molar-refractivity contribution >= 4 is 35.0 Å². The van der Waals surface area contributed by atoms with Gasteiger partial charge in [0.25, 0.3) is 17.5 Å². The second-order valence-electron chi connectivity index (χ2n) is 7.32. The highest BCUT2D eigenvalue weighted by atomic mass is 16.6. The second kappa shape index (κ2) is 10.1. The van der Waals surface area contributed by atoms with Gasteiger partial charge in [-0.05, 0) is 61.9 Å². The van der Waals surface area contributed by atoms with E-state index in [-0.39, 0.29) is 17.2 Å². The monoisotopic (exact) mass is 443 g/mol. The minimum Gasteiger partial charge on any atom is -0.321 e. The number of amides is 2. The highest BCUT2D eigenvalue weighted by Gasteiger charge is 2.16. The van der Waals surface area contributed by atoms with Crippen molar-refractivity contribution in [2.24, 2.45) is 0 Å². The molecule has 0 saturated heterocycles. The highest BCUT2D eigenvalue weighted by Crippen LogP contribution is 2.17. The van der Waals surface area contributed by atoms with E-state index >= 15 is 0 Å². The molecule has 0 aliphatic rings. The summed E-state index contributed by atoms with van der Waals surface area (Å²) in [6.07, 6.45) is 1.36. The van der Waals surface area contributed by atoms with Gasteiger partial charge in [0.1, 0.15) is 5.70 Å². The third kappa shape index (κ3) is 6.20. The van der Waals surface area contributed by atoms with Crippen LogP contribution in [-0.4, -0.2) is 22.5 Å². The standard InChI is InChI=1S/C25H21N3O5/c1-16-6-8-20(9-7-16)24(30)27-23(15-18-4-3-5-22(14-18)28(32)33)25(31)26-21-12-10-19(11-13-21)17(2)29/h3-15H,1-2H3,(H,26,31)(H,27,30)/b23-15-. The fourth-order valence-electron chi connectivity index (χ4n) is 2.94. The van der Waals surface area contributed by atoms with E-state index in [4.69, 9.17) is 0 Å². The summed E-state index contributed by atoms with van der Waals surface area (Å²) in [5, 5.41) is 16.3. The lowest BCUT2D eigenvalue weighted by Gasteiger charge is -2.12. The van der Waals surface area contributed by atoms with Crippen molar-refractivity contribution < 1.29 is 19.3 Å². The highest BCUT2D eigenvalue weighted by molar-refractivity contribution is 6.10. The molecule has 33 heavy (non-hydrogen) atoms. The zero-order valence-electron chi connectivity index (χ0n) is 18.0. The van der Waals surface area contributed by atoms with Gasteiger partial charge >= 0.3 is 0 Å². The normalized spacial score (nSPS) is 10.9. The van der Waals surface area contributed by atoms with Crippen LogP contribution >= 0.6 is 0 Å². The first-order valence-electron chi connectivity index (χ1n) is 9.99. The van der Waals surface area contributed by atoms with Crippen molar-refractivity contribution in [2.75, 3.05) is 5.32 Å². The fraction of sp³-hybridized carbons (Fsp3) is 0.0800. The molecule has 0 saturated carbocycles. The van der Waals surface area contributed by atoms with Crippen LogP contribution < -0.4 is 10.6 Å². The maximum Gasteiger partial charge on any atom is 0.272 e. The van der Waals surface area contributed by atoms with Crippen molar-refractivity contribution in [3.63, 3.8) is 0 Å². The summed E-state index contributed by atoms with van der Waals surface area (Å²) in [6.45, 7) is 3.33. The molecule has 3 aromatic carbocycles. The third-order valence-electron chi connectivity index (χ3n) is 4.75. The fourth-order valence-corrected chi connectivity index (χ4v) is 2.94. The summed E-state index contributed by atoms with van der Waals surface area (Å²) in [5.41, 5.74) is 2.36. The average Bonchev–Trinajstić information content (AvgIpc) is 2.79. The molecule has 0 heterocycles. The molecule has 0 spiro atoms. The molecule has 0 aliphatic carbocycles. The number of benzene rings is 3. The Morgan fingerprint density at radius 2 is 1.55 bits per heavy atom. The number of carbonyl (C=O) groups is 3. The lowest BCUT2D eigenvalue weighted by Crippen LogP contribution is -2.30. The maximum atomic E-state index is 13.0. The quantitative estimate of drug-likeness (QED) is 0.241. The molecule has 8 nitrogen and oxygen atoms in total. The van der Waals surface area contributed by atoms with Crippen molar-refractivity contribution in [3.05, 3.63) is 111 Å². The number of nitrogens with one attached hydrogen (secondary N) is 2. The molecule has 3 aromatic rings. The van der Waals surface area contributed by atoms with Crippen molar-refractivity contribution in [2.45, 2.75) is 13.8 Å². The molecule has 166 valence electrons. The number of nitrogens with zero attached hydrogens (tertiary/aromatic N) is 1. The number of non-ortho nitro benzene ring substituents is 1. The molecular weight excluding hydrogens is 422 g/mol. The van der Waals surface area contributed by atoms with Gasteiger partial charge in [0.05, 0.1) is 4.92 Å².